The van der Waals surface area contributed by atoms with E-state index in [1.54, 1.807) is 0 Å². The van der Waals surface area contributed by atoms with Gasteiger partial charge in [-0.15, -0.1) is 12.4 Å². The van der Waals surface area contributed by atoms with Crippen molar-refractivity contribution < 1.29 is 14.8 Å². The van der Waals surface area contributed by atoms with Crippen molar-refractivity contribution in [3.8, 4) is 11.5 Å². The molecule has 1 atom stereocenters. The van der Waals surface area contributed by atoms with E-state index in [0.717, 1.165) is 12.8 Å². The second-order valence-electron chi connectivity index (χ2n) is 4.21. The Hall–Kier alpha value is -1.53. The van der Waals surface area contributed by atoms with Crippen molar-refractivity contribution in [3.63, 3.8) is 0 Å². The monoisotopic (exact) mass is 274 g/mol. The first-order valence-corrected chi connectivity index (χ1v) is 5.35. The molecule has 3 N–H and O–H groups in total. The number of benzene rings is 1. The number of nitro groups is 1. The molecule has 0 amide bonds. The number of phenols is 1. The van der Waals surface area contributed by atoms with Gasteiger partial charge < -0.3 is 15.6 Å². The Morgan fingerprint density at radius 1 is 1.56 bits per heavy atom. The average Bonchev–Trinajstić information content (AvgIpc) is 3.12. The van der Waals surface area contributed by atoms with Crippen LogP contribution in [0.2, 0.25) is 0 Å². The molecule has 0 heterocycles. The summed E-state index contributed by atoms with van der Waals surface area (Å²) in [5, 5.41) is 20.7. The SMILES string of the molecule is COc1cc([N+](=O)[O-])cc([C@@H](N)C2CC2)c1O.Cl. The summed E-state index contributed by atoms with van der Waals surface area (Å²) in [6, 6.07) is 2.14. The predicted molar refractivity (Wildman–Crippen MR) is 68.2 cm³/mol. The zero-order valence-electron chi connectivity index (χ0n) is 9.83. The minimum Gasteiger partial charge on any atom is -0.504 e. The van der Waals surface area contributed by atoms with Gasteiger partial charge in [0.2, 0.25) is 0 Å². The quantitative estimate of drug-likeness (QED) is 0.647. The molecule has 6 nitrogen and oxygen atoms in total. The van der Waals surface area contributed by atoms with E-state index < -0.39 is 4.92 Å². The van der Waals surface area contributed by atoms with Crippen LogP contribution in [0.4, 0.5) is 5.69 Å². The highest BCUT2D eigenvalue weighted by molar-refractivity contribution is 5.85. The summed E-state index contributed by atoms with van der Waals surface area (Å²) >= 11 is 0. The molecule has 18 heavy (non-hydrogen) atoms. The van der Waals surface area contributed by atoms with Crippen LogP contribution in [0, 0.1) is 16.0 Å². The van der Waals surface area contributed by atoms with Crippen molar-refractivity contribution >= 4 is 18.1 Å². The van der Waals surface area contributed by atoms with Crippen molar-refractivity contribution in [2.45, 2.75) is 18.9 Å². The van der Waals surface area contributed by atoms with E-state index >= 15 is 0 Å². The molecule has 1 aliphatic carbocycles. The van der Waals surface area contributed by atoms with Crippen molar-refractivity contribution in [2.24, 2.45) is 11.7 Å². The number of methoxy groups -OCH3 is 1. The van der Waals surface area contributed by atoms with E-state index in [9.17, 15) is 15.2 Å². The number of nitrogens with two attached hydrogens (primary N) is 1. The Kier molecular flexibility index (Phi) is 4.37. The molecule has 1 aromatic carbocycles. The third kappa shape index (κ3) is 2.65. The number of halogens is 1. The molecule has 0 saturated heterocycles. The lowest BCUT2D eigenvalue weighted by molar-refractivity contribution is -0.385. The summed E-state index contributed by atoms with van der Waals surface area (Å²) in [5.74, 6) is 0.287. The summed E-state index contributed by atoms with van der Waals surface area (Å²) in [5.41, 5.74) is 6.22. The van der Waals surface area contributed by atoms with Crippen molar-refractivity contribution in [1.82, 2.24) is 0 Å². The van der Waals surface area contributed by atoms with Gasteiger partial charge in [0.05, 0.1) is 18.1 Å². The predicted octanol–water partition coefficient (Wildman–Crippen LogP) is 2.14. The average molecular weight is 275 g/mol. The number of nitro benzene ring substituents is 1. The third-order valence-electron chi connectivity index (χ3n) is 3.01. The molecular weight excluding hydrogens is 260 g/mol. The van der Waals surface area contributed by atoms with E-state index in [1.165, 1.54) is 19.2 Å². The number of hydrogen-bond donors (Lipinski definition) is 2. The summed E-state index contributed by atoms with van der Waals surface area (Å²) in [6.45, 7) is 0. The second kappa shape index (κ2) is 5.41. The van der Waals surface area contributed by atoms with Gasteiger partial charge in [-0.2, -0.15) is 0 Å². The Morgan fingerprint density at radius 2 is 2.17 bits per heavy atom. The molecule has 100 valence electrons. The Morgan fingerprint density at radius 3 is 2.61 bits per heavy atom. The van der Waals surface area contributed by atoms with E-state index in [0.29, 0.717) is 11.5 Å². The molecule has 0 bridgehead atoms. The van der Waals surface area contributed by atoms with Gasteiger partial charge in [0.15, 0.2) is 11.5 Å². The van der Waals surface area contributed by atoms with Crippen LogP contribution in [0.15, 0.2) is 12.1 Å². The third-order valence-corrected chi connectivity index (χ3v) is 3.01. The van der Waals surface area contributed by atoms with E-state index in [1.807, 2.05) is 0 Å². The topological polar surface area (TPSA) is 98.6 Å². The lowest BCUT2D eigenvalue weighted by atomic mass is 10.0. The first-order valence-electron chi connectivity index (χ1n) is 5.35. The van der Waals surface area contributed by atoms with Crippen LogP contribution in [-0.4, -0.2) is 17.1 Å². The summed E-state index contributed by atoms with van der Waals surface area (Å²) < 4.78 is 4.92. The maximum Gasteiger partial charge on any atom is 0.273 e. The fourth-order valence-corrected chi connectivity index (χ4v) is 1.84. The normalized spacial score (nSPS) is 15.7. The van der Waals surface area contributed by atoms with Crippen LogP contribution in [0.25, 0.3) is 0 Å². The van der Waals surface area contributed by atoms with Crippen molar-refractivity contribution in [2.75, 3.05) is 7.11 Å². The van der Waals surface area contributed by atoms with Crippen LogP contribution in [0.1, 0.15) is 24.4 Å². The van der Waals surface area contributed by atoms with Gasteiger partial charge in [-0.05, 0) is 18.8 Å². The summed E-state index contributed by atoms with van der Waals surface area (Å²) in [4.78, 5) is 10.2. The van der Waals surface area contributed by atoms with Crippen LogP contribution < -0.4 is 10.5 Å². The van der Waals surface area contributed by atoms with Crippen LogP contribution >= 0.6 is 12.4 Å². The molecule has 1 saturated carbocycles. The van der Waals surface area contributed by atoms with Gasteiger partial charge in [0.25, 0.3) is 5.69 Å². The lowest BCUT2D eigenvalue weighted by Gasteiger charge is -2.14. The van der Waals surface area contributed by atoms with Gasteiger partial charge >= 0.3 is 0 Å². The molecule has 0 spiro atoms. The highest BCUT2D eigenvalue weighted by Gasteiger charge is 2.33. The smallest absolute Gasteiger partial charge is 0.273 e. The van der Waals surface area contributed by atoms with Gasteiger partial charge in [-0.25, -0.2) is 0 Å². The summed E-state index contributed by atoms with van der Waals surface area (Å²) in [6.07, 6.45) is 1.98. The minimum atomic E-state index is -0.523. The molecule has 0 aliphatic heterocycles. The molecule has 0 unspecified atom stereocenters. The molecule has 1 aliphatic rings. The molecule has 1 fully saturated rings. The van der Waals surface area contributed by atoms with Crippen LogP contribution in [0.5, 0.6) is 11.5 Å². The van der Waals surface area contributed by atoms with E-state index in [-0.39, 0.29) is 35.6 Å². The standard InChI is InChI=1S/C11H14N2O4.ClH/c1-17-9-5-7(13(15)16)4-8(11(9)14)10(12)6-2-3-6;/h4-6,10,14H,2-3,12H2,1H3;1H/t10-;/m0./s1. The summed E-state index contributed by atoms with van der Waals surface area (Å²) in [7, 11) is 1.35. The first-order chi connectivity index (χ1) is 8.04. The van der Waals surface area contributed by atoms with Gasteiger partial charge in [0, 0.05) is 17.7 Å². The first kappa shape index (κ1) is 14.5. The highest BCUT2D eigenvalue weighted by atomic mass is 35.5. The number of ether oxygens (including phenoxy) is 1. The maximum atomic E-state index is 10.8. The number of hydrogen-bond acceptors (Lipinski definition) is 5. The van der Waals surface area contributed by atoms with Crippen molar-refractivity contribution in [3.05, 3.63) is 27.8 Å². The minimum absolute atomic E-state index is 0. The number of nitrogens with zero attached hydrogens (tertiary/aromatic N) is 1. The molecule has 0 aromatic heterocycles. The molecule has 0 radical (unpaired) electrons. The highest BCUT2D eigenvalue weighted by Crippen LogP contribution is 2.45. The van der Waals surface area contributed by atoms with Gasteiger partial charge in [-0.1, -0.05) is 0 Å². The number of phenolic OH excluding ortho intramolecular Hbond substituents is 1. The van der Waals surface area contributed by atoms with Crippen molar-refractivity contribution in [1.29, 1.82) is 0 Å². The van der Waals surface area contributed by atoms with E-state index in [4.69, 9.17) is 10.5 Å². The number of aromatic hydroxyl groups is 1. The number of non-ortho nitro benzene ring substituents is 1. The van der Waals surface area contributed by atoms with Gasteiger partial charge in [0.1, 0.15) is 0 Å². The zero-order valence-corrected chi connectivity index (χ0v) is 10.6. The fraction of sp³-hybridized carbons (Fsp3) is 0.455. The van der Waals surface area contributed by atoms with E-state index in [2.05, 4.69) is 0 Å². The Balaban J connectivity index is 0.00000162. The fourth-order valence-electron chi connectivity index (χ4n) is 1.84. The van der Waals surface area contributed by atoms with Crippen LogP contribution in [0.3, 0.4) is 0 Å². The number of rotatable bonds is 4. The Labute approximate surface area is 110 Å². The van der Waals surface area contributed by atoms with Crippen LogP contribution in [-0.2, 0) is 0 Å². The Bertz CT molecular complexity index is 463. The second-order valence-corrected chi connectivity index (χ2v) is 4.21. The van der Waals surface area contributed by atoms with Gasteiger partial charge in [-0.3, -0.25) is 10.1 Å². The maximum absolute atomic E-state index is 10.8. The molecule has 7 heteroatoms. The molecule has 2 rings (SSSR count). The molecule has 1 aromatic rings. The largest absolute Gasteiger partial charge is 0.504 e. The lowest BCUT2D eigenvalue weighted by Crippen LogP contribution is -2.13. The zero-order chi connectivity index (χ0) is 12.6. The molecular formula is C11H15ClN2O4.